The highest BCUT2D eigenvalue weighted by atomic mass is 15.3. The van der Waals surface area contributed by atoms with Crippen molar-refractivity contribution in [2.45, 2.75) is 26.3 Å². The van der Waals surface area contributed by atoms with Crippen LogP contribution in [0.4, 0.5) is 5.82 Å². The van der Waals surface area contributed by atoms with E-state index in [1.54, 1.807) is 0 Å². The number of likely N-dealkylation sites (N-methyl/N-ethyl adjacent to an activating group) is 1. The topological polar surface area (TPSA) is 58.3 Å². The van der Waals surface area contributed by atoms with Gasteiger partial charge in [0, 0.05) is 37.9 Å². The SMILES string of the molecule is CCc1cc(N2CCN(C)CC2CN)nc(C)n1. The Hall–Kier alpha value is -1.20. The largest absolute Gasteiger partial charge is 0.350 e. The van der Waals surface area contributed by atoms with Crippen molar-refractivity contribution in [3.63, 3.8) is 0 Å². The molecule has 1 aliphatic heterocycles. The number of piperazine rings is 1. The van der Waals surface area contributed by atoms with Gasteiger partial charge >= 0.3 is 0 Å². The standard InChI is InChI=1S/C13H23N5/c1-4-11-7-13(16-10(2)15-11)18-6-5-17(3)9-12(18)8-14/h7,12H,4-6,8-9,14H2,1-3H3. The van der Waals surface area contributed by atoms with Gasteiger partial charge < -0.3 is 15.5 Å². The van der Waals surface area contributed by atoms with E-state index in [1.165, 1.54) is 0 Å². The van der Waals surface area contributed by atoms with Crippen LogP contribution >= 0.6 is 0 Å². The average Bonchev–Trinajstić information content (AvgIpc) is 2.37. The van der Waals surface area contributed by atoms with E-state index in [9.17, 15) is 0 Å². The van der Waals surface area contributed by atoms with Crippen LogP contribution in [0.5, 0.6) is 0 Å². The maximum atomic E-state index is 5.89. The summed E-state index contributed by atoms with van der Waals surface area (Å²) in [5, 5.41) is 0. The molecule has 0 spiro atoms. The molecule has 2 rings (SSSR count). The van der Waals surface area contributed by atoms with Gasteiger partial charge in [0.2, 0.25) is 0 Å². The smallest absolute Gasteiger partial charge is 0.132 e. The highest BCUT2D eigenvalue weighted by Crippen LogP contribution is 2.18. The van der Waals surface area contributed by atoms with Crippen molar-refractivity contribution in [1.82, 2.24) is 14.9 Å². The van der Waals surface area contributed by atoms with Crippen LogP contribution < -0.4 is 10.6 Å². The predicted molar refractivity (Wildman–Crippen MR) is 73.8 cm³/mol. The van der Waals surface area contributed by atoms with Gasteiger partial charge in [-0.25, -0.2) is 9.97 Å². The zero-order valence-corrected chi connectivity index (χ0v) is 11.6. The fourth-order valence-corrected chi connectivity index (χ4v) is 2.45. The van der Waals surface area contributed by atoms with Crippen LogP contribution in [0.1, 0.15) is 18.4 Å². The van der Waals surface area contributed by atoms with Crippen LogP contribution in [0, 0.1) is 6.92 Å². The van der Waals surface area contributed by atoms with Gasteiger partial charge in [-0.3, -0.25) is 0 Å². The van der Waals surface area contributed by atoms with Crippen LogP contribution in [-0.4, -0.2) is 54.1 Å². The highest BCUT2D eigenvalue weighted by molar-refractivity contribution is 5.42. The predicted octanol–water partition coefficient (Wildman–Crippen LogP) is 0.427. The molecule has 18 heavy (non-hydrogen) atoms. The van der Waals surface area contributed by atoms with Gasteiger partial charge in [-0.05, 0) is 20.4 Å². The molecule has 1 aromatic rings. The normalized spacial score (nSPS) is 21.3. The second-order valence-corrected chi connectivity index (χ2v) is 4.96. The first kappa shape index (κ1) is 13.2. The molecule has 0 saturated carbocycles. The van der Waals surface area contributed by atoms with Crippen molar-refractivity contribution in [2.75, 3.05) is 38.1 Å². The lowest BCUT2D eigenvalue weighted by Gasteiger charge is -2.40. The minimum atomic E-state index is 0.350. The van der Waals surface area contributed by atoms with Crippen molar-refractivity contribution >= 4 is 5.82 Å². The third-order valence-electron chi connectivity index (χ3n) is 3.49. The van der Waals surface area contributed by atoms with E-state index >= 15 is 0 Å². The monoisotopic (exact) mass is 249 g/mol. The Morgan fingerprint density at radius 3 is 2.83 bits per heavy atom. The van der Waals surface area contributed by atoms with Gasteiger partial charge in [0.25, 0.3) is 0 Å². The lowest BCUT2D eigenvalue weighted by Crippen LogP contribution is -2.55. The number of hydrogen-bond acceptors (Lipinski definition) is 5. The number of aryl methyl sites for hydroxylation is 2. The van der Waals surface area contributed by atoms with Gasteiger partial charge in [-0.1, -0.05) is 6.92 Å². The molecule has 0 radical (unpaired) electrons. The van der Waals surface area contributed by atoms with Crippen molar-refractivity contribution in [2.24, 2.45) is 5.73 Å². The van der Waals surface area contributed by atoms with E-state index in [1.807, 2.05) is 6.92 Å². The Bertz CT molecular complexity index is 406. The molecule has 100 valence electrons. The van der Waals surface area contributed by atoms with Crippen molar-refractivity contribution < 1.29 is 0 Å². The number of nitrogens with zero attached hydrogens (tertiary/aromatic N) is 4. The Labute approximate surface area is 109 Å². The fraction of sp³-hybridized carbons (Fsp3) is 0.692. The maximum Gasteiger partial charge on any atom is 0.132 e. The maximum absolute atomic E-state index is 5.89. The van der Waals surface area contributed by atoms with Gasteiger partial charge in [-0.2, -0.15) is 0 Å². The van der Waals surface area contributed by atoms with Crippen LogP contribution in [-0.2, 0) is 6.42 Å². The van der Waals surface area contributed by atoms with Crippen molar-refractivity contribution in [3.8, 4) is 0 Å². The van der Waals surface area contributed by atoms with E-state index in [0.717, 1.165) is 43.4 Å². The molecule has 0 bridgehead atoms. The Kier molecular flexibility index (Phi) is 4.14. The summed E-state index contributed by atoms with van der Waals surface area (Å²) < 4.78 is 0. The van der Waals surface area contributed by atoms with Gasteiger partial charge in [0.1, 0.15) is 11.6 Å². The first-order valence-corrected chi connectivity index (χ1v) is 6.63. The molecule has 1 aliphatic rings. The molecular weight excluding hydrogens is 226 g/mol. The number of anilines is 1. The van der Waals surface area contributed by atoms with Gasteiger partial charge in [-0.15, -0.1) is 0 Å². The summed E-state index contributed by atoms with van der Waals surface area (Å²) in [6.45, 7) is 7.78. The molecule has 0 amide bonds. The van der Waals surface area contributed by atoms with Gasteiger partial charge in [0.05, 0.1) is 6.04 Å². The second kappa shape index (κ2) is 5.63. The summed E-state index contributed by atoms with van der Waals surface area (Å²) >= 11 is 0. The highest BCUT2D eigenvalue weighted by Gasteiger charge is 2.25. The molecule has 0 aromatic carbocycles. The first-order valence-electron chi connectivity index (χ1n) is 6.63. The molecule has 0 aliphatic carbocycles. The summed E-state index contributed by atoms with van der Waals surface area (Å²) in [4.78, 5) is 13.7. The van der Waals surface area contributed by atoms with Crippen LogP contribution in [0.25, 0.3) is 0 Å². The Balaban J connectivity index is 2.26. The number of aromatic nitrogens is 2. The second-order valence-electron chi connectivity index (χ2n) is 4.96. The molecular formula is C13H23N5. The molecule has 1 unspecified atom stereocenters. The third-order valence-corrected chi connectivity index (χ3v) is 3.49. The number of nitrogens with two attached hydrogens (primary N) is 1. The van der Waals surface area contributed by atoms with E-state index in [2.05, 4.69) is 39.8 Å². The fourth-order valence-electron chi connectivity index (χ4n) is 2.45. The molecule has 2 heterocycles. The zero-order chi connectivity index (χ0) is 13.1. The lowest BCUT2D eigenvalue weighted by molar-refractivity contribution is 0.268. The summed E-state index contributed by atoms with van der Waals surface area (Å²) in [7, 11) is 2.14. The van der Waals surface area contributed by atoms with Crippen LogP contribution in [0.2, 0.25) is 0 Å². The number of hydrogen-bond donors (Lipinski definition) is 1. The molecule has 1 fully saturated rings. The molecule has 2 N–H and O–H groups in total. The minimum Gasteiger partial charge on any atom is -0.350 e. The first-order chi connectivity index (χ1) is 8.63. The third kappa shape index (κ3) is 2.79. The Morgan fingerprint density at radius 1 is 1.39 bits per heavy atom. The zero-order valence-electron chi connectivity index (χ0n) is 11.6. The molecule has 5 nitrogen and oxygen atoms in total. The lowest BCUT2D eigenvalue weighted by atomic mass is 10.1. The number of rotatable bonds is 3. The summed E-state index contributed by atoms with van der Waals surface area (Å²) in [6, 6.07) is 2.45. The Morgan fingerprint density at radius 2 is 2.17 bits per heavy atom. The minimum absolute atomic E-state index is 0.350. The molecule has 5 heteroatoms. The van der Waals surface area contributed by atoms with Gasteiger partial charge in [0.15, 0.2) is 0 Å². The van der Waals surface area contributed by atoms with E-state index < -0.39 is 0 Å². The van der Waals surface area contributed by atoms with Crippen molar-refractivity contribution in [1.29, 1.82) is 0 Å². The quantitative estimate of drug-likeness (QED) is 0.841. The molecule has 1 atom stereocenters. The van der Waals surface area contributed by atoms with E-state index in [-0.39, 0.29) is 0 Å². The summed E-state index contributed by atoms with van der Waals surface area (Å²) in [5.41, 5.74) is 6.99. The average molecular weight is 249 g/mol. The van der Waals surface area contributed by atoms with E-state index in [4.69, 9.17) is 5.73 Å². The van der Waals surface area contributed by atoms with Crippen molar-refractivity contribution in [3.05, 3.63) is 17.6 Å². The van der Waals surface area contributed by atoms with Crippen LogP contribution in [0.15, 0.2) is 6.07 Å². The molecule has 1 aromatic heterocycles. The summed E-state index contributed by atoms with van der Waals surface area (Å²) in [5.74, 6) is 1.88. The summed E-state index contributed by atoms with van der Waals surface area (Å²) in [6.07, 6.45) is 0.942. The molecule has 1 saturated heterocycles. The van der Waals surface area contributed by atoms with E-state index in [0.29, 0.717) is 12.6 Å². The van der Waals surface area contributed by atoms with Crippen LogP contribution in [0.3, 0.4) is 0 Å².